The highest BCUT2D eigenvalue weighted by molar-refractivity contribution is 5.72. The Morgan fingerprint density at radius 1 is 0.612 bits per heavy atom. The number of unbranched alkanes of at least 4 members (excludes halogenated alkanes) is 2. The first-order valence-electron chi connectivity index (χ1n) is 15.9. The summed E-state index contributed by atoms with van der Waals surface area (Å²) in [4.78, 5) is 0. The highest BCUT2D eigenvalue weighted by Crippen LogP contribution is 2.41. The average Bonchev–Trinajstić information content (AvgIpc) is 3.02. The molecule has 1 saturated carbocycles. The first-order valence-corrected chi connectivity index (χ1v) is 15.9. The topological polar surface area (TPSA) is 18.5 Å². The van der Waals surface area contributed by atoms with Gasteiger partial charge in [0.05, 0.1) is 5.56 Å². The van der Waals surface area contributed by atoms with Crippen LogP contribution in [0.3, 0.4) is 0 Å². The van der Waals surface area contributed by atoms with Crippen molar-refractivity contribution in [3.63, 3.8) is 0 Å². The van der Waals surface area contributed by atoms with Crippen molar-refractivity contribution in [3.05, 3.63) is 107 Å². The number of alkyl halides is 5. The number of benzene rings is 4. The van der Waals surface area contributed by atoms with Crippen LogP contribution in [0.25, 0.3) is 22.3 Å². The maximum Gasteiger partial charge on any atom is 0.573 e. The van der Waals surface area contributed by atoms with Crippen LogP contribution >= 0.6 is 0 Å². The second-order valence-electron chi connectivity index (χ2n) is 12.2. The first-order chi connectivity index (χ1) is 23.1. The highest BCUT2D eigenvalue weighted by atomic mass is 19.4. The molecule has 0 aromatic heterocycles. The fourth-order valence-electron chi connectivity index (χ4n) is 6.33. The van der Waals surface area contributed by atoms with E-state index in [4.69, 9.17) is 4.74 Å². The molecule has 0 N–H and O–H groups in total. The molecule has 49 heavy (non-hydrogen) atoms. The van der Waals surface area contributed by atoms with Gasteiger partial charge < -0.3 is 9.47 Å². The minimum Gasteiger partial charge on any atom is -0.429 e. The standard InChI is InChI=1S/C37H32F10O2/c1-2-3-4-5-21-6-8-22(9-7-21)23-11-15-29(32(40)16-23)36(43,44)48-26-12-14-27(31(39)20-26)24-10-13-28(30(38)17-24)25-18-33(41)35(34(42)19-25)49-37(45,46)47/h10-22H,2-9H2,1H3. The number of rotatable bonds is 11. The smallest absolute Gasteiger partial charge is 0.429 e. The summed E-state index contributed by atoms with van der Waals surface area (Å²) in [5, 5.41) is 0. The largest absolute Gasteiger partial charge is 0.573 e. The predicted molar refractivity (Wildman–Crippen MR) is 164 cm³/mol. The molecule has 2 nitrogen and oxygen atoms in total. The highest BCUT2D eigenvalue weighted by Gasteiger charge is 2.38. The van der Waals surface area contributed by atoms with E-state index in [1.165, 1.54) is 18.9 Å². The van der Waals surface area contributed by atoms with Crippen LogP contribution in [0.5, 0.6) is 11.5 Å². The lowest BCUT2D eigenvalue weighted by Gasteiger charge is -2.29. The Morgan fingerprint density at radius 2 is 1.22 bits per heavy atom. The molecule has 0 aliphatic heterocycles. The third-order valence-electron chi connectivity index (χ3n) is 8.83. The van der Waals surface area contributed by atoms with E-state index in [2.05, 4.69) is 11.7 Å². The quantitative estimate of drug-likeness (QED) is 0.115. The normalized spacial score (nSPS) is 16.9. The summed E-state index contributed by atoms with van der Waals surface area (Å²) >= 11 is 0. The van der Waals surface area contributed by atoms with E-state index in [0.29, 0.717) is 29.7 Å². The summed E-state index contributed by atoms with van der Waals surface area (Å²) in [7, 11) is 0. The molecule has 0 atom stereocenters. The van der Waals surface area contributed by atoms with Gasteiger partial charge in [0.25, 0.3) is 0 Å². The lowest BCUT2D eigenvalue weighted by atomic mass is 9.77. The molecule has 0 spiro atoms. The van der Waals surface area contributed by atoms with E-state index in [1.807, 2.05) is 0 Å². The number of hydrogen-bond donors (Lipinski definition) is 0. The van der Waals surface area contributed by atoms with Crippen LogP contribution in [0, 0.1) is 35.0 Å². The molecular weight excluding hydrogens is 666 g/mol. The van der Waals surface area contributed by atoms with Gasteiger partial charge in [-0.15, -0.1) is 13.2 Å². The molecule has 12 heteroatoms. The minimum atomic E-state index is -5.37. The molecule has 4 aromatic rings. The van der Waals surface area contributed by atoms with Crippen molar-refractivity contribution in [3.8, 4) is 33.8 Å². The SMILES string of the molecule is CCCCCC1CCC(c2ccc(C(F)(F)Oc3ccc(-c4ccc(-c5cc(F)c(OC(F)(F)F)c(F)c5)c(F)c4)c(F)c3)c(F)c2)CC1. The van der Waals surface area contributed by atoms with Crippen LogP contribution < -0.4 is 9.47 Å². The van der Waals surface area contributed by atoms with Gasteiger partial charge in [-0.2, -0.15) is 8.78 Å². The van der Waals surface area contributed by atoms with Crippen molar-refractivity contribution in [2.75, 3.05) is 0 Å². The van der Waals surface area contributed by atoms with Crippen LogP contribution in [0.2, 0.25) is 0 Å². The van der Waals surface area contributed by atoms with Gasteiger partial charge in [-0.3, -0.25) is 0 Å². The molecule has 1 aliphatic carbocycles. The van der Waals surface area contributed by atoms with E-state index in [-0.39, 0.29) is 17.0 Å². The van der Waals surface area contributed by atoms with E-state index < -0.39 is 69.7 Å². The Balaban J connectivity index is 1.27. The zero-order chi connectivity index (χ0) is 35.5. The average molecular weight is 699 g/mol. The number of ether oxygens (including phenoxy) is 2. The summed E-state index contributed by atoms with van der Waals surface area (Å²) < 4.78 is 149. The van der Waals surface area contributed by atoms with Gasteiger partial charge in [-0.1, -0.05) is 50.8 Å². The Hall–Kier alpha value is -4.22. The van der Waals surface area contributed by atoms with E-state index in [0.717, 1.165) is 81.0 Å². The summed E-state index contributed by atoms with van der Waals surface area (Å²) in [6.07, 6.45) is -1.12. The first kappa shape index (κ1) is 36.1. The van der Waals surface area contributed by atoms with E-state index >= 15 is 17.6 Å². The van der Waals surface area contributed by atoms with Gasteiger partial charge in [-0.05, 0) is 96.7 Å². The van der Waals surface area contributed by atoms with Crippen molar-refractivity contribution in [1.29, 1.82) is 0 Å². The third-order valence-corrected chi connectivity index (χ3v) is 8.83. The Morgan fingerprint density at radius 3 is 1.82 bits per heavy atom. The molecule has 1 fully saturated rings. The second-order valence-corrected chi connectivity index (χ2v) is 12.2. The fraction of sp³-hybridized carbons (Fsp3) is 0.351. The molecule has 0 amide bonds. The number of hydrogen-bond acceptors (Lipinski definition) is 2. The fourth-order valence-corrected chi connectivity index (χ4v) is 6.33. The van der Waals surface area contributed by atoms with Gasteiger partial charge in [-0.25, -0.2) is 22.0 Å². The number of halogens is 10. The van der Waals surface area contributed by atoms with Crippen molar-refractivity contribution in [2.45, 2.75) is 76.7 Å². The summed E-state index contributed by atoms with van der Waals surface area (Å²) in [6, 6.07) is 9.98. The third kappa shape index (κ3) is 8.69. The molecule has 0 radical (unpaired) electrons. The van der Waals surface area contributed by atoms with E-state index in [1.54, 1.807) is 0 Å². The molecule has 262 valence electrons. The van der Waals surface area contributed by atoms with Crippen molar-refractivity contribution in [2.24, 2.45) is 5.92 Å². The molecule has 1 aliphatic rings. The van der Waals surface area contributed by atoms with Gasteiger partial charge in [0.1, 0.15) is 23.2 Å². The maximum atomic E-state index is 15.1. The van der Waals surface area contributed by atoms with Gasteiger partial charge >= 0.3 is 12.5 Å². The molecule has 4 aromatic carbocycles. The van der Waals surface area contributed by atoms with Crippen LogP contribution in [-0.4, -0.2) is 6.36 Å². The molecule has 0 heterocycles. The maximum absolute atomic E-state index is 15.1. The van der Waals surface area contributed by atoms with Gasteiger partial charge in [0, 0.05) is 17.2 Å². The monoisotopic (exact) mass is 698 g/mol. The predicted octanol–water partition coefficient (Wildman–Crippen LogP) is 12.6. The Labute approximate surface area is 276 Å². The zero-order valence-corrected chi connectivity index (χ0v) is 26.3. The van der Waals surface area contributed by atoms with Gasteiger partial charge in [0.2, 0.25) is 5.75 Å². The molecule has 0 saturated heterocycles. The van der Waals surface area contributed by atoms with Crippen molar-refractivity contribution >= 4 is 0 Å². The van der Waals surface area contributed by atoms with Crippen molar-refractivity contribution in [1.82, 2.24) is 0 Å². The Bertz CT molecular complexity index is 1750. The molecule has 0 unspecified atom stereocenters. The van der Waals surface area contributed by atoms with Crippen LogP contribution in [0.1, 0.15) is 75.3 Å². The van der Waals surface area contributed by atoms with Crippen LogP contribution in [0.4, 0.5) is 43.9 Å². The van der Waals surface area contributed by atoms with E-state index in [9.17, 15) is 26.3 Å². The lowest BCUT2D eigenvalue weighted by Crippen LogP contribution is -2.24. The zero-order valence-electron chi connectivity index (χ0n) is 26.3. The minimum absolute atomic E-state index is 0.0711. The van der Waals surface area contributed by atoms with Crippen molar-refractivity contribution < 1.29 is 53.4 Å². The summed E-state index contributed by atoms with van der Waals surface area (Å²) in [5.74, 6) is -8.50. The summed E-state index contributed by atoms with van der Waals surface area (Å²) in [5.41, 5.74) is -1.64. The lowest BCUT2D eigenvalue weighted by molar-refractivity contribution is -0.276. The molecule has 5 rings (SSSR count). The second kappa shape index (κ2) is 14.7. The van der Waals surface area contributed by atoms with Crippen LogP contribution in [-0.2, 0) is 6.11 Å². The molecular formula is C37H32F10O2. The Kier molecular flexibility index (Phi) is 10.8. The molecule has 0 bridgehead atoms. The van der Waals surface area contributed by atoms with Gasteiger partial charge in [0.15, 0.2) is 11.6 Å². The summed E-state index contributed by atoms with van der Waals surface area (Å²) in [6.45, 7) is 2.15. The van der Waals surface area contributed by atoms with Crippen LogP contribution in [0.15, 0.2) is 66.7 Å².